The Hall–Kier alpha value is -4.06. The number of nitrogens with one attached hydrogen (secondary N) is 3. The molecule has 0 unspecified atom stereocenters. The van der Waals surface area contributed by atoms with E-state index in [9.17, 15) is 4.79 Å². The van der Waals surface area contributed by atoms with E-state index in [1.165, 1.54) is 0 Å². The average molecular weight is 483 g/mol. The van der Waals surface area contributed by atoms with Gasteiger partial charge in [0, 0.05) is 12.1 Å². The summed E-state index contributed by atoms with van der Waals surface area (Å²) in [5, 5.41) is 14.2. The van der Waals surface area contributed by atoms with Gasteiger partial charge in [-0.05, 0) is 50.3 Å². The number of H-pyrrole nitrogens is 1. The normalized spacial score (nSPS) is 11.6. The minimum absolute atomic E-state index is 0.399. The van der Waals surface area contributed by atoms with Crippen molar-refractivity contribution in [3.05, 3.63) is 119 Å². The highest BCUT2D eigenvalue weighted by Gasteiger charge is 2.37. The molecule has 0 fully saturated rings. The number of ether oxygens (including phenoxy) is 1. The van der Waals surface area contributed by atoms with Crippen molar-refractivity contribution in [2.24, 2.45) is 0 Å². The van der Waals surface area contributed by atoms with Gasteiger partial charge in [-0.2, -0.15) is 5.10 Å². The van der Waals surface area contributed by atoms with E-state index in [-0.39, 0.29) is 0 Å². The fraction of sp³-hybridized carbons (Fsp3) is 0.267. The van der Waals surface area contributed by atoms with Crippen molar-refractivity contribution in [3.8, 4) is 0 Å². The molecule has 0 spiro atoms. The highest BCUT2D eigenvalue weighted by molar-refractivity contribution is 5.67. The van der Waals surface area contributed by atoms with Gasteiger partial charge in [-0.15, -0.1) is 0 Å². The summed E-state index contributed by atoms with van der Waals surface area (Å²) < 4.78 is 5.33. The SMILES string of the molecule is CC(C)(C)OC(=O)NCCCc1cn[nH]c1NC(c1ccccc1)(c1ccccc1)c1ccccc1. The Morgan fingerprint density at radius 2 is 1.33 bits per heavy atom. The van der Waals surface area contributed by atoms with E-state index in [1.807, 2.05) is 45.2 Å². The third-order valence-corrected chi connectivity index (χ3v) is 5.94. The number of aryl methyl sites for hydroxylation is 1. The first-order valence-electron chi connectivity index (χ1n) is 12.3. The molecule has 0 atom stereocenters. The number of nitrogens with zero attached hydrogens (tertiary/aromatic N) is 1. The van der Waals surface area contributed by atoms with Gasteiger partial charge in [0.25, 0.3) is 0 Å². The number of amides is 1. The number of alkyl carbamates (subject to hydrolysis) is 1. The monoisotopic (exact) mass is 482 g/mol. The molecule has 0 saturated carbocycles. The standard InChI is InChI=1S/C30H34N4O2/c1-29(2,3)36-28(35)31-21-13-14-23-22-32-34-27(23)33-30(24-15-7-4-8-16-24,25-17-9-5-10-18-25)26-19-11-6-12-20-26/h4-12,15-20,22H,13-14,21H2,1-3H3,(H,31,35)(H2,32,33,34). The molecule has 4 aromatic rings. The fourth-order valence-corrected chi connectivity index (χ4v) is 4.36. The number of hydrogen-bond acceptors (Lipinski definition) is 4. The minimum Gasteiger partial charge on any atom is -0.444 e. The molecule has 1 amide bonds. The van der Waals surface area contributed by atoms with Crippen LogP contribution in [0.3, 0.4) is 0 Å². The number of anilines is 1. The van der Waals surface area contributed by atoms with Crippen LogP contribution in [0, 0.1) is 0 Å². The molecule has 0 aliphatic heterocycles. The number of carbonyl (C=O) groups excluding carboxylic acids is 1. The van der Waals surface area contributed by atoms with Gasteiger partial charge in [0.1, 0.15) is 17.0 Å². The van der Waals surface area contributed by atoms with Crippen molar-refractivity contribution in [1.29, 1.82) is 0 Å². The van der Waals surface area contributed by atoms with Crippen LogP contribution < -0.4 is 10.6 Å². The molecule has 6 nitrogen and oxygen atoms in total. The summed E-state index contributed by atoms with van der Waals surface area (Å²) >= 11 is 0. The first-order valence-corrected chi connectivity index (χ1v) is 12.3. The van der Waals surface area contributed by atoms with E-state index in [0.29, 0.717) is 6.54 Å². The van der Waals surface area contributed by atoms with Gasteiger partial charge < -0.3 is 15.4 Å². The molecule has 0 bridgehead atoms. The quantitative estimate of drug-likeness (QED) is 0.194. The summed E-state index contributed by atoms with van der Waals surface area (Å²) in [5.41, 5.74) is 3.26. The van der Waals surface area contributed by atoms with Crippen LogP contribution in [-0.4, -0.2) is 28.4 Å². The van der Waals surface area contributed by atoms with Crippen LogP contribution in [0.15, 0.2) is 97.2 Å². The van der Waals surface area contributed by atoms with Crippen LogP contribution in [0.2, 0.25) is 0 Å². The van der Waals surface area contributed by atoms with Crippen molar-refractivity contribution < 1.29 is 9.53 Å². The number of hydrogen-bond donors (Lipinski definition) is 3. The van der Waals surface area contributed by atoms with Gasteiger partial charge in [-0.3, -0.25) is 5.10 Å². The lowest BCUT2D eigenvalue weighted by atomic mass is 9.77. The zero-order chi connectivity index (χ0) is 25.4. The number of carbonyl (C=O) groups is 1. The molecule has 0 saturated heterocycles. The van der Waals surface area contributed by atoms with E-state index in [2.05, 4.69) is 93.6 Å². The first kappa shape index (κ1) is 25.0. The predicted molar refractivity (Wildman–Crippen MR) is 144 cm³/mol. The molecular weight excluding hydrogens is 448 g/mol. The van der Waals surface area contributed by atoms with Gasteiger partial charge >= 0.3 is 6.09 Å². The highest BCUT2D eigenvalue weighted by atomic mass is 16.6. The maximum absolute atomic E-state index is 12.0. The second kappa shape index (κ2) is 11.1. The third kappa shape index (κ3) is 5.95. The summed E-state index contributed by atoms with van der Waals surface area (Å²) in [6, 6.07) is 31.4. The summed E-state index contributed by atoms with van der Waals surface area (Å²) in [5.74, 6) is 0.851. The third-order valence-electron chi connectivity index (χ3n) is 5.94. The maximum Gasteiger partial charge on any atom is 0.407 e. The van der Waals surface area contributed by atoms with Crippen LogP contribution in [0.4, 0.5) is 10.6 Å². The zero-order valence-electron chi connectivity index (χ0n) is 21.1. The molecule has 0 radical (unpaired) electrons. The largest absolute Gasteiger partial charge is 0.444 e. The summed E-state index contributed by atoms with van der Waals surface area (Å²) in [6.45, 7) is 6.08. The van der Waals surface area contributed by atoms with E-state index in [4.69, 9.17) is 4.74 Å². The van der Waals surface area contributed by atoms with Gasteiger partial charge in [-0.25, -0.2) is 4.79 Å². The second-order valence-corrected chi connectivity index (χ2v) is 9.78. The molecule has 0 aliphatic rings. The molecule has 36 heavy (non-hydrogen) atoms. The van der Waals surface area contributed by atoms with Crippen LogP contribution >= 0.6 is 0 Å². The zero-order valence-corrected chi connectivity index (χ0v) is 21.1. The first-order chi connectivity index (χ1) is 17.4. The lowest BCUT2D eigenvalue weighted by Gasteiger charge is -2.37. The maximum atomic E-state index is 12.0. The Bertz CT molecular complexity index is 1140. The molecular formula is C30H34N4O2. The number of benzene rings is 3. The van der Waals surface area contributed by atoms with E-state index in [0.717, 1.165) is 40.9 Å². The molecule has 6 heteroatoms. The highest BCUT2D eigenvalue weighted by Crippen LogP contribution is 2.40. The fourth-order valence-electron chi connectivity index (χ4n) is 4.36. The lowest BCUT2D eigenvalue weighted by Crippen LogP contribution is -2.38. The van der Waals surface area contributed by atoms with Gasteiger partial charge in [0.2, 0.25) is 0 Å². The molecule has 4 rings (SSSR count). The van der Waals surface area contributed by atoms with Crippen molar-refractivity contribution in [2.75, 3.05) is 11.9 Å². The minimum atomic E-state index is -0.639. The van der Waals surface area contributed by atoms with Crippen LogP contribution in [0.5, 0.6) is 0 Å². The van der Waals surface area contributed by atoms with E-state index in [1.54, 1.807) is 0 Å². The molecule has 1 heterocycles. The van der Waals surface area contributed by atoms with Crippen molar-refractivity contribution in [1.82, 2.24) is 15.5 Å². The summed E-state index contributed by atoms with van der Waals surface area (Å²) in [7, 11) is 0. The molecule has 186 valence electrons. The molecule has 3 aromatic carbocycles. The lowest BCUT2D eigenvalue weighted by molar-refractivity contribution is 0.0527. The summed E-state index contributed by atoms with van der Waals surface area (Å²) in [6.07, 6.45) is 2.94. The predicted octanol–water partition coefficient (Wildman–Crippen LogP) is 6.27. The smallest absolute Gasteiger partial charge is 0.407 e. The number of rotatable bonds is 9. The van der Waals surface area contributed by atoms with E-state index >= 15 is 0 Å². The van der Waals surface area contributed by atoms with Gasteiger partial charge in [-0.1, -0.05) is 91.0 Å². The Kier molecular flexibility index (Phi) is 7.74. The van der Waals surface area contributed by atoms with Crippen molar-refractivity contribution in [2.45, 2.75) is 44.8 Å². The van der Waals surface area contributed by atoms with Crippen molar-refractivity contribution in [3.63, 3.8) is 0 Å². The molecule has 3 N–H and O–H groups in total. The van der Waals surface area contributed by atoms with Crippen molar-refractivity contribution >= 4 is 11.9 Å². The average Bonchev–Trinajstić information content (AvgIpc) is 3.32. The molecule has 0 aliphatic carbocycles. The Balaban J connectivity index is 1.62. The Morgan fingerprint density at radius 1 is 0.833 bits per heavy atom. The van der Waals surface area contributed by atoms with Gasteiger partial charge in [0.15, 0.2) is 0 Å². The summed E-state index contributed by atoms with van der Waals surface area (Å²) in [4.78, 5) is 12.0. The Morgan fingerprint density at radius 3 is 1.81 bits per heavy atom. The van der Waals surface area contributed by atoms with E-state index < -0.39 is 17.2 Å². The number of aromatic amines is 1. The topological polar surface area (TPSA) is 79.0 Å². The van der Waals surface area contributed by atoms with Gasteiger partial charge in [0.05, 0.1) is 6.20 Å². The Labute approximate surface area is 213 Å². The second-order valence-electron chi connectivity index (χ2n) is 9.78. The van der Waals surface area contributed by atoms with Crippen LogP contribution in [-0.2, 0) is 16.7 Å². The number of aromatic nitrogens is 2. The molecule has 1 aromatic heterocycles. The van der Waals surface area contributed by atoms with Crippen LogP contribution in [0.25, 0.3) is 0 Å². The van der Waals surface area contributed by atoms with Crippen LogP contribution in [0.1, 0.15) is 49.4 Å².